The van der Waals surface area contributed by atoms with Crippen LogP contribution < -0.4 is 10.1 Å². The minimum atomic E-state index is -0.476. The number of piperidine rings is 1. The number of imide groups is 1. The molecule has 0 bridgehead atoms. The van der Waals surface area contributed by atoms with Crippen molar-refractivity contribution in [3.8, 4) is 5.75 Å². The second kappa shape index (κ2) is 7.48. The van der Waals surface area contributed by atoms with Gasteiger partial charge in [0.15, 0.2) is 5.58 Å². The smallest absolute Gasteiger partial charge is 0.235 e. The van der Waals surface area contributed by atoms with Crippen LogP contribution >= 0.6 is 0 Å². The van der Waals surface area contributed by atoms with Crippen molar-refractivity contribution >= 4 is 33.6 Å². The highest BCUT2D eigenvalue weighted by Crippen LogP contribution is 2.36. The number of carbonyl (C=O) groups excluding carboxylic acids is 2. The summed E-state index contributed by atoms with van der Waals surface area (Å²) in [6, 6.07) is 9.81. The van der Waals surface area contributed by atoms with Crippen LogP contribution in [0, 0.1) is 0 Å². The summed E-state index contributed by atoms with van der Waals surface area (Å²) >= 11 is 0. The lowest BCUT2D eigenvalue weighted by molar-refractivity contribution is -0.134. The molecule has 0 saturated carbocycles. The zero-order chi connectivity index (χ0) is 19.8. The van der Waals surface area contributed by atoms with Gasteiger partial charge < -0.3 is 9.26 Å². The van der Waals surface area contributed by atoms with E-state index in [1.807, 2.05) is 30.3 Å². The van der Waals surface area contributed by atoms with Crippen molar-refractivity contribution in [1.29, 1.82) is 0 Å². The van der Waals surface area contributed by atoms with Crippen molar-refractivity contribution in [1.82, 2.24) is 15.4 Å². The zero-order valence-corrected chi connectivity index (χ0v) is 16.1. The van der Waals surface area contributed by atoms with Crippen LogP contribution in [0.5, 0.6) is 5.75 Å². The molecule has 7 nitrogen and oxygen atoms in total. The average molecular weight is 393 g/mol. The molecular weight excluding hydrogens is 370 g/mol. The number of amides is 2. The zero-order valence-electron chi connectivity index (χ0n) is 16.1. The predicted octanol–water partition coefficient (Wildman–Crippen LogP) is 2.98. The lowest BCUT2D eigenvalue weighted by atomic mass is 9.91. The summed E-state index contributed by atoms with van der Waals surface area (Å²) in [5, 5.41) is 9.39. The van der Waals surface area contributed by atoms with Crippen LogP contribution in [0.25, 0.3) is 21.7 Å². The van der Waals surface area contributed by atoms with Crippen LogP contribution in [0.1, 0.15) is 37.3 Å². The number of fused-ring (bicyclic) bond motifs is 3. The first-order valence-electron chi connectivity index (χ1n) is 10.2. The molecular formula is C22H23N3O4. The van der Waals surface area contributed by atoms with E-state index in [4.69, 9.17) is 9.26 Å². The number of rotatable bonds is 5. The fourth-order valence-electron chi connectivity index (χ4n) is 4.35. The van der Waals surface area contributed by atoms with E-state index in [0.717, 1.165) is 41.5 Å². The summed E-state index contributed by atoms with van der Waals surface area (Å²) in [6.07, 6.45) is 3.31. The summed E-state index contributed by atoms with van der Waals surface area (Å²) in [5.41, 5.74) is 1.23. The van der Waals surface area contributed by atoms with Crippen LogP contribution in [0.15, 0.2) is 34.9 Å². The van der Waals surface area contributed by atoms with E-state index in [2.05, 4.69) is 15.4 Å². The molecule has 1 aromatic heterocycles. The fourth-order valence-corrected chi connectivity index (χ4v) is 4.35. The number of aromatic nitrogens is 1. The molecule has 2 amide bonds. The van der Waals surface area contributed by atoms with Gasteiger partial charge in [-0.25, -0.2) is 0 Å². The molecule has 2 fully saturated rings. The summed E-state index contributed by atoms with van der Waals surface area (Å²) in [5.74, 6) is -0.194. The van der Waals surface area contributed by atoms with E-state index >= 15 is 0 Å². The maximum atomic E-state index is 12.3. The maximum absolute atomic E-state index is 12.3. The molecule has 150 valence electrons. The Hall–Kier alpha value is -2.93. The van der Waals surface area contributed by atoms with Crippen LogP contribution in [0.4, 0.5) is 0 Å². The van der Waals surface area contributed by atoms with Gasteiger partial charge in [0, 0.05) is 13.0 Å². The number of ether oxygens (including phenoxy) is 1. The number of hydrogen-bond acceptors (Lipinski definition) is 6. The van der Waals surface area contributed by atoms with Crippen LogP contribution in [-0.4, -0.2) is 48.1 Å². The third-order valence-corrected chi connectivity index (χ3v) is 5.90. The first-order chi connectivity index (χ1) is 14.2. The second-order valence-electron chi connectivity index (χ2n) is 7.79. The molecule has 2 aliphatic heterocycles. The SMILES string of the molecule is O=C1CC[C@H](c2noc3ccc4cc(OCCN5CCCC5)ccc4c23)C(=O)N1. The highest BCUT2D eigenvalue weighted by atomic mass is 16.5. The van der Waals surface area contributed by atoms with Gasteiger partial charge in [-0.1, -0.05) is 11.2 Å². The van der Waals surface area contributed by atoms with Gasteiger partial charge >= 0.3 is 0 Å². The third-order valence-electron chi connectivity index (χ3n) is 5.90. The minimum absolute atomic E-state index is 0.236. The molecule has 2 saturated heterocycles. The Morgan fingerprint density at radius 1 is 1.17 bits per heavy atom. The van der Waals surface area contributed by atoms with Crippen molar-refractivity contribution in [2.24, 2.45) is 0 Å². The number of likely N-dealkylation sites (tertiary alicyclic amines) is 1. The van der Waals surface area contributed by atoms with Gasteiger partial charge in [-0.2, -0.15) is 0 Å². The number of benzene rings is 2. The molecule has 5 rings (SSSR count). The monoisotopic (exact) mass is 393 g/mol. The Bertz CT molecular complexity index is 1080. The molecule has 0 aliphatic carbocycles. The van der Waals surface area contributed by atoms with Gasteiger partial charge in [0.1, 0.15) is 18.1 Å². The third kappa shape index (κ3) is 3.46. The van der Waals surface area contributed by atoms with Crippen LogP contribution in [-0.2, 0) is 9.59 Å². The lowest BCUT2D eigenvalue weighted by Gasteiger charge is -2.19. The summed E-state index contributed by atoms with van der Waals surface area (Å²) < 4.78 is 11.4. The number of nitrogens with one attached hydrogen (secondary N) is 1. The van der Waals surface area contributed by atoms with E-state index in [-0.39, 0.29) is 11.8 Å². The van der Waals surface area contributed by atoms with Crippen LogP contribution in [0.3, 0.4) is 0 Å². The number of nitrogens with zero attached hydrogens (tertiary/aromatic N) is 2. The molecule has 2 aliphatic rings. The van der Waals surface area contributed by atoms with Crippen molar-refractivity contribution in [3.63, 3.8) is 0 Å². The van der Waals surface area contributed by atoms with Gasteiger partial charge in [-0.3, -0.25) is 19.8 Å². The quantitative estimate of drug-likeness (QED) is 0.671. The number of carbonyl (C=O) groups is 2. The first-order valence-corrected chi connectivity index (χ1v) is 10.2. The average Bonchev–Trinajstić information content (AvgIpc) is 3.38. The molecule has 0 unspecified atom stereocenters. The van der Waals surface area contributed by atoms with Crippen LogP contribution in [0.2, 0.25) is 0 Å². The molecule has 0 spiro atoms. The standard InChI is InChI=1S/C22H23N3O4/c26-19-8-6-17(22(27)23-19)21-20-16-5-4-15(28-12-11-25-9-1-2-10-25)13-14(16)3-7-18(20)29-24-21/h3-5,7,13,17H,1-2,6,8-12H2,(H,23,26,27)/t17-/m1/s1. The predicted molar refractivity (Wildman–Crippen MR) is 108 cm³/mol. The Kier molecular flexibility index (Phi) is 4.67. The summed E-state index contributed by atoms with van der Waals surface area (Å²) in [4.78, 5) is 26.2. The van der Waals surface area contributed by atoms with Crippen molar-refractivity contribution in [2.45, 2.75) is 31.6 Å². The normalized spacial score (nSPS) is 20.5. The molecule has 1 N–H and O–H groups in total. The van der Waals surface area contributed by atoms with Gasteiger partial charge in [-0.05, 0) is 67.4 Å². The Morgan fingerprint density at radius 3 is 2.86 bits per heavy atom. The van der Waals surface area contributed by atoms with E-state index in [9.17, 15) is 9.59 Å². The summed E-state index contributed by atoms with van der Waals surface area (Å²) in [6.45, 7) is 3.94. The van der Waals surface area contributed by atoms with Crippen molar-refractivity contribution in [2.75, 3.05) is 26.2 Å². The van der Waals surface area contributed by atoms with Gasteiger partial charge in [0.05, 0.1) is 11.3 Å². The lowest BCUT2D eigenvalue weighted by Crippen LogP contribution is -2.39. The van der Waals surface area contributed by atoms with Gasteiger partial charge in [-0.15, -0.1) is 0 Å². The summed E-state index contributed by atoms with van der Waals surface area (Å²) in [7, 11) is 0. The molecule has 1 atom stereocenters. The molecule has 7 heteroatoms. The topological polar surface area (TPSA) is 84.7 Å². The largest absolute Gasteiger partial charge is 0.492 e. The Balaban J connectivity index is 1.42. The molecule has 2 aromatic carbocycles. The van der Waals surface area contributed by atoms with E-state index < -0.39 is 5.92 Å². The van der Waals surface area contributed by atoms with Gasteiger partial charge in [0.2, 0.25) is 11.8 Å². The first kappa shape index (κ1) is 18.1. The number of hydrogen-bond donors (Lipinski definition) is 1. The Labute approximate surface area is 168 Å². The highest BCUT2D eigenvalue weighted by molar-refractivity contribution is 6.10. The molecule has 29 heavy (non-hydrogen) atoms. The maximum Gasteiger partial charge on any atom is 0.235 e. The van der Waals surface area contributed by atoms with Gasteiger partial charge in [0.25, 0.3) is 0 Å². The van der Waals surface area contributed by atoms with E-state index in [1.165, 1.54) is 12.8 Å². The second-order valence-corrected chi connectivity index (χ2v) is 7.79. The molecule has 3 aromatic rings. The minimum Gasteiger partial charge on any atom is -0.492 e. The van der Waals surface area contributed by atoms with Crippen molar-refractivity contribution < 1.29 is 18.8 Å². The Morgan fingerprint density at radius 2 is 2.03 bits per heavy atom. The fraction of sp³-hybridized carbons (Fsp3) is 0.409. The molecule has 0 radical (unpaired) electrons. The van der Waals surface area contributed by atoms with Crippen molar-refractivity contribution in [3.05, 3.63) is 36.0 Å². The van der Waals surface area contributed by atoms with E-state index in [0.29, 0.717) is 30.7 Å². The van der Waals surface area contributed by atoms with E-state index in [1.54, 1.807) is 0 Å². The highest BCUT2D eigenvalue weighted by Gasteiger charge is 2.32. The molecule has 3 heterocycles.